The highest BCUT2D eigenvalue weighted by Crippen LogP contribution is 2.38. The lowest BCUT2D eigenvalue weighted by Crippen LogP contribution is -2.29. The van der Waals surface area contributed by atoms with Crippen LogP contribution in [-0.4, -0.2) is 46.6 Å². The van der Waals surface area contributed by atoms with E-state index in [4.69, 9.17) is 0 Å². The first-order valence-corrected chi connectivity index (χ1v) is 9.50. The Balaban J connectivity index is 1.75. The molecular weight excluding hydrogens is 302 g/mol. The van der Waals surface area contributed by atoms with E-state index in [-0.39, 0.29) is 17.0 Å². The van der Waals surface area contributed by atoms with Crippen LogP contribution in [0.4, 0.5) is 0 Å². The minimum Gasteiger partial charge on any atom is -0.393 e. The van der Waals surface area contributed by atoms with Crippen molar-refractivity contribution in [2.75, 3.05) is 13.1 Å². The Morgan fingerprint density at radius 2 is 2.05 bits per heavy atom. The summed E-state index contributed by atoms with van der Waals surface area (Å²) in [5, 5.41) is 9.91. The number of hydrogen-bond acceptors (Lipinski definition) is 4. The Morgan fingerprint density at radius 3 is 2.77 bits per heavy atom. The van der Waals surface area contributed by atoms with Gasteiger partial charge in [0.2, 0.25) is 0 Å². The van der Waals surface area contributed by atoms with Gasteiger partial charge in [-0.25, -0.2) is 13.4 Å². The summed E-state index contributed by atoms with van der Waals surface area (Å²) in [7, 11) is -3.51. The van der Waals surface area contributed by atoms with E-state index in [0.29, 0.717) is 24.9 Å². The van der Waals surface area contributed by atoms with Crippen LogP contribution in [0.25, 0.3) is 0 Å². The van der Waals surface area contributed by atoms with Gasteiger partial charge in [0, 0.05) is 25.8 Å². The van der Waals surface area contributed by atoms with Gasteiger partial charge < -0.3 is 9.67 Å². The van der Waals surface area contributed by atoms with E-state index in [1.807, 2.05) is 4.57 Å². The summed E-state index contributed by atoms with van der Waals surface area (Å²) >= 11 is 0. The molecular formula is C15H25N3O3S. The van der Waals surface area contributed by atoms with Gasteiger partial charge in [0.25, 0.3) is 10.0 Å². The van der Waals surface area contributed by atoms with Crippen molar-refractivity contribution in [3.63, 3.8) is 0 Å². The van der Waals surface area contributed by atoms with Crippen LogP contribution >= 0.6 is 0 Å². The lowest BCUT2D eigenvalue weighted by molar-refractivity contribution is 0.0866. The van der Waals surface area contributed by atoms with Gasteiger partial charge in [-0.3, -0.25) is 0 Å². The van der Waals surface area contributed by atoms with Gasteiger partial charge in [-0.2, -0.15) is 4.31 Å². The Kier molecular flexibility index (Phi) is 4.31. The van der Waals surface area contributed by atoms with E-state index >= 15 is 0 Å². The monoisotopic (exact) mass is 327 g/mol. The molecule has 0 unspecified atom stereocenters. The first kappa shape index (κ1) is 16.0. The summed E-state index contributed by atoms with van der Waals surface area (Å²) in [4.78, 5) is 4.10. The molecule has 1 aliphatic carbocycles. The number of fused-ring (bicyclic) bond motifs is 1. The van der Waals surface area contributed by atoms with Gasteiger partial charge in [0.15, 0.2) is 5.03 Å². The third-order valence-electron chi connectivity index (χ3n) is 4.78. The first-order valence-electron chi connectivity index (χ1n) is 8.06. The number of rotatable bonds is 4. The molecule has 2 aliphatic rings. The maximum absolute atomic E-state index is 12.7. The molecule has 7 heteroatoms. The van der Waals surface area contributed by atoms with E-state index in [1.165, 1.54) is 0 Å². The summed E-state index contributed by atoms with van der Waals surface area (Å²) in [6.45, 7) is 6.02. The highest BCUT2D eigenvalue weighted by atomic mass is 32.2. The minimum atomic E-state index is -3.51. The van der Waals surface area contributed by atoms with Crippen LogP contribution < -0.4 is 0 Å². The molecule has 0 radical (unpaired) electrons. The molecule has 1 aromatic rings. The quantitative estimate of drug-likeness (QED) is 0.905. The molecule has 6 nitrogen and oxygen atoms in total. The van der Waals surface area contributed by atoms with Crippen molar-refractivity contribution in [3.05, 3.63) is 12.5 Å². The number of aliphatic hydroxyl groups is 1. The average Bonchev–Trinajstić information content (AvgIpc) is 3.04. The number of imidazole rings is 1. The topological polar surface area (TPSA) is 75.4 Å². The Hall–Kier alpha value is -0.920. The summed E-state index contributed by atoms with van der Waals surface area (Å²) in [5.41, 5.74) is 0. The van der Waals surface area contributed by atoms with Crippen LogP contribution in [0, 0.1) is 17.8 Å². The molecule has 22 heavy (non-hydrogen) atoms. The zero-order chi connectivity index (χ0) is 15.9. The highest BCUT2D eigenvalue weighted by Gasteiger charge is 2.42. The standard InChI is InChI=1S/C15H25N3O3S/c1-11(2)6-17-9-15(16-10-17)22(20,21)18-7-12-3-4-14(19)5-13(12)8-18/h9-14,19H,3-8H2,1-2H3/t12-,13+,14-/m0/s1. The normalized spacial score (nSPS) is 29.9. The third-order valence-corrected chi connectivity index (χ3v) is 6.50. The van der Waals surface area contributed by atoms with E-state index < -0.39 is 10.0 Å². The maximum Gasteiger partial charge on any atom is 0.262 e. The molecule has 2 fully saturated rings. The van der Waals surface area contributed by atoms with Crippen molar-refractivity contribution in [3.8, 4) is 0 Å². The molecule has 0 bridgehead atoms. The minimum absolute atomic E-state index is 0.146. The largest absolute Gasteiger partial charge is 0.393 e. The summed E-state index contributed by atoms with van der Waals surface area (Å²) in [6.07, 6.45) is 5.39. The Bertz CT molecular complexity index is 626. The molecule has 1 N–H and O–H groups in total. The molecule has 3 atom stereocenters. The SMILES string of the molecule is CC(C)Cn1cnc(S(=O)(=O)N2C[C@H]3C[C@@H](O)CC[C@H]3C2)c1. The molecule has 1 saturated carbocycles. The second-order valence-corrected chi connectivity index (χ2v) is 9.00. The number of hydrogen-bond donors (Lipinski definition) is 1. The maximum atomic E-state index is 12.7. The van der Waals surface area contributed by atoms with Gasteiger partial charge in [-0.15, -0.1) is 0 Å². The second kappa shape index (κ2) is 5.94. The molecule has 1 aliphatic heterocycles. The predicted octanol–water partition coefficient (Wildman–Crippen LogP) is 1.32. The van der Waals surface area contributed by atoms with Crippen LogP contribution in [0.15, 0.2) is 17.6 Å². The molecule has 124 valence electrons. The molecule has 1 aromatic heterocycles. The molecule has 3 rings (SSSR count). The van der Waals surface area contributed by atoms with Crippen LogP contribution in [-0.2, 0) is 16.6 Å². The van der Waals surface area contributed by atoms with E-state index in [0.717, 1.165) is 25.8 Å². The number of aromatic nitrogens is 2. The van der Waals surface area contributed by atoms with Crippen LogP contribution in [0.3, 0.4) is 0 Å². The smallest absolute Gasteiger partial charge is 0.262 e. The lowest BCUT2D eigenvalue weighted by Gasteiger charge is -2.27. The highest BCUT2D eigenvalue weighted by molar-refractivity contribution is 7.89. The second-order valence-electron chi connectivity index (χ2n) is 7.11. The summed E-state index contributed by atoms with van der Waals surface area (Å²) in [5.74, 6) is 1.12. The Labute approximate surface area is 132 Å². The third kappa shape index (κ3) is 3.07. The molecule has 0 spiro atoms. The van der Waals surface area contributed by atoms with Gasteiger partial charge in [0.1, 0.15) is 0 Å². The predicted molar refractivity (Wildman–Crippen MR) is 82.7 cm³/mol. The molecule has 2 heterocycles. The van der Waals surface area contributed by atoms with Crippen LogP contribution in [0.5, 0.6) is 0 Å². The van der Waals surface area contributed by atoms with E-state index in [1.54, 1.807) is 16.8 Å². The van der Waals surface area contributed by atoms with E-state index in [2.05, 4.69) is 18.8 Å². The molecule has 0 aromatic carbocycles. The van der Waals surface area contributed by atoms with Crippen LogP contribution in [0.2, 0.25) is 0 Å². The van der Waals surface area contributed by atoms with Crippen molar-refractivity contribution < 1.29 is 13.5 Å². The average molecular weight is 327 g/mol. The lowest BCUT2D eigenvalue weighted by atomic mass is 9.80. The van der Waals surface area contributed by atoms with Gasteiger partial charge in [-0.1, -0.05) is 13.8 Å². The van der Waals surface area contributed by atoms with Gasteiger partial charge in [-0.05, 0) is 37.0 Å². The van der Waals surface area contributed by atoms with Crippen molar-refractivity contribution in [2.45, 2.75) is 50.8 Å². The Morgan fingerprint density at radius 1 is 1.32 bits per heavy atom. The molecule has 0 amide bonds. The fraction of sp³-hybridized carbons (Fsp3) is 0.800. The number of sulfonamides is 1. The summed E-state index contributed by atoms with van der Waals surface area (Å²) < 4.78 is 28.9. The van der Waals surface area contributed by atoms with E-state index in [9.17, 15) is 13.5 Å². The summed E-state index contributed by atoms with van der Waals surface area (Å²) in [6, 6.07) is 0. The van der Waals surface area contributed by atoms with Gasteiger partial charge in [0.05, 0.1) is 12.4 Å². The van der Waals surface area contributed by atoms with Crippen molar-refractivity contribution in [1.82, 2.24) is 13.9 Å². The number of nitrogens with zero attached hydrogens (tertiary/aromatic N) is 3. The first-order chi connectivity index (χ1) is 10.4. The van der Waals surface area contributed by atoms with Crippen molar-refractivity contribution in [1.29, 1.82) is 0 Å². The zero-order valence-corrected chi connectivity index (χ0v) is 14.0. The zero-order valence-electron chi connectivity index (χ0n) is 13.2. The van der Waals surface area contributed by atoms with Crippen molar-refractivity contribution in [2.24, 2.45) is 17.8 Å². The van der Waals surface area contributed by atoms with Crippen LogP contribution in [0.1, 0.15) is 33.1 Å². The fourth-order valence-electron chi connectivity index (χ4n) is 3.69. The van der Waals surface area contributed by atoms with Gasteiger partial charge >= 0.3 is 0 Å². The number of aliphatic hydroxyl groups excluding tert-OH is 1. The van der Waals surface area contributed by atoms with Crippen molar-refractivity contribution >= 4 is 10.0 Å². The fourth-order valence-corrected chi connectivity index (χ4v) is 5.18. The molecule has 1 saturated heterocycles.